The lowest BCUT2D eigenvalue weighted by atomic mass is 10.2. The molecule has 3 rings (SSSR count). The summed E-state index contributed by atoms with van der Waals surface area (Å²) in [5.41, 5.74) is 3.42. The zero-order valence-electron chi connectivity index (χ0n) is 12.8. The summed E-state index contributed by atoms with van der Waals surface area (Å²) >= 11 is 3.45. The smallest absolute Gasteiger partial charge is 0.183 e. The summed E-state index contributed by atoms with van der Waals surface area (Å²) in [7, 11) is 1.70. The minimum absolute atomic E-state index is 0.707. The van der Waals surface area contributed by atoms with Crippen molar-refractivity contribution in [1.29, 1.82) is 0 Å². The van der Waals surface area contributed by atoms with Crippen molar-refractivity contribution in [3.8, 4) is 17.0 Å². The molecule has 0 atom stereocenters. The molecule has 0 aliphatic rings. The fraction of sp³-hybridized carbons (Fsp3) is 0.235. The summed E-state index contributed by atoms with van der Waals surface area (Å²) in [4.78, 5) is 7.34. The highest BCUT2D eigenvalue weighted by atomic mass is 32.1. The van der Waals surface area contributed by atoms with Crippen LogP contribution in [0.3, 0.4) is 0 Å². The molecule has 0 fully saturated rings. The van der Waals surface area contributed by atoms with Crippen molar-refractivity contribution < 1.29 is 4.74 Å². The van der Waals surface area contributed by atoms with Gasteiger partial charge in [-0.1, -0.05) is 18.2 Å². The molecule has 0 amide bonds. The van der Waals surface area contributed by atoms with Crippen LogP contribution in [-0.4, -0.2) is 12.1 Å². The number of ether oxygens (including phenoxy) is 1. The Hall–Kier alpha value is -1.85. The number of thiazole rings is 1. The Bertz CT molecular complexity index is 777. The zero-order valence-corrected chi connectivity index (χ0v) is 14.5. The number of hydrogen-bond donors (Lipinski definition) is 1. The number of benzene rings is 1. The van der Waals surface area contributed by atoms with Crippen LogP contribution in [0.2, 0.25) is 0 Å². The quantitative estimate of drug-likeness (QED) is 0.706. The van der Waals surface area contributed by atoms with Crippen molar-refractivity contribution in [2.24, 2.45) is 0 Å². The highest BCUT2D eigenvalue weighted by molar-refractivity contribution is 7.14. The van der Waals surface area contributed by atoms with Gasteiger partial charge in [-0.25, -0.2) is 4.98 Å². The first kappa shape index (κ1) is 15.1. The molecule has 0 bridgehead atoms. The number of nitrogens with zero attached hydrogens (tertiary/aromatic N) is 1. The molecule has 22 heavy (non-hydrogen) atoms. The first-order chi connectivity index (χ1) is 10.7. The van der Waals surface area contributed by atoms with Gasteiger partial charge in [0.15, 0.2) is 5.13 Å². The van der Waals surface area contributed by atoms with Gasteiger partial charge in [0, 0.05) is 32.8 Å². The average molecular weight is 330 g/mol. The summed E-state index contributed by atoms with van der Waals surface area (Å²) in [6.45, 7) is 4.99. The number of aromatic nitrogens is 1. The standard InChI is InChI=1S/C17H18N2OS2/c1-11-8-14(12(2)22-11)15-10-21-17(19-15)18-9-13-6-4-5-7-16(13)20-3/h4-8,10H,9H2,1-3H3,(H,18,19). The van der Waals surface area contributed by atoms with E-state index in [-0.39, 0.29) is 0 Å². The van der Waals surface area contributed by atoms with E-state index in [4.69, 9.17) is 9.72 Å². The van der Waals surface area contributed by atoms with Crippen LogP contribution in [0.15, 0.2) is 35.7 Å². The molecule has 114 valence electrons. The molecule has 5 heteroatoms. The van der Waals surface area contributed by atoms with Crippen molar-refractivity contribution in [3.63, 3.8) is 0 Å². The third-order valence-corrected chi connectivity index (χ3v) is 5.21. The van der Waals surface area contributed by atoms with E-state index in [1.54, 1.807) is 18.4 Å². The molecule has 0 aliphatic carbocycles. The largest absolute Gasteiger partial charge is 0.496 e. The van der Waals surface area contributed by atoms with Crippen LogP contribution >= 0.6 is 22.7 Å². The molecule has 0 spiro atoms. The minimum Gasteiger partial charge on any atom is -0.496 e. The van der Waals surface area contributed by atoms with E-state index in [9.17, 15) is 0 Å². The second-order valence-electron chi connectivity index (χ2n) is 5.03. The molecular formula is C17H18N2OS2. The number of hydrogen-bond acceptors (Lipinski definition) is 5. The van der Waals surface area contributed by atoms with Crippen molar-refractivity contribution >= 4 is 27.8 Å². The van der Waals surface area contributed by atoms with E-state index in [0.717, 1.165) is 22.1 Å². The summed E-state index contributed by atoms with van der Waals surface area (Å²) in [6.07, 6.45) is 0. The fourth-order valence-electron chi connectivity index (χ4n) is 2.38. The maximum Gasteiger partial charge on any atom is 0.183 e. The third kappa shape index (κ3) is 3.15. The lowest BCUT2D eigenvalue weighted by molar-refractivity contribution is 0.410. The Morgan fingerprint density at radius 1 is 1.23 bits per heavy atom. The molecule has 3 nitrogen and oxygen atoms in total. The van der Waals surface area contributed by atoms with E-state index < -0.39 is 0 Å². The van der Waals surface area contributed by atoms with Gasteiger partial charge < -0.3 is 10.1 Å². The SMILES string of the molecule is COc1ccccc1CNc1nc(-c2cc(C)sc2C)cs1. The molecule has 0 unspecified atom stereocenters. The van der Waals surface area contributed by atoms with E-state index in [1.807, 2.05) is 29.5 Å². The van der Waals surface area contributed by atoms with Crippen LogP contribution < -0.4 is 10.1 Å². The Balaban J connectivity index is 1.73. The Morgan fingerprint density at radius 3 is 2.77 bits per heavy atom. The second-order valence-corrected chi connectivity index (χ2v) is 7.35. The van der Waals surface area contributed by atoms with Crippen molar-refractivity contribution in [2.75, 3.05) is 12.4 Å². The number of anilines is 1. The van der Waals surface area contributed by atoms with Crippen LogP contribution in [0.5, 0.6) is 5.75 Å². The predicted octanol–water partition coefficient (Wildman–Crippen LogP) is 5.11. The molecule has 0 saturated carbocycles. The Kier molecular flexibility index (Phi) is 4.45. The highest BCUT2D eigenvalue weighted by Crippen LogP contribution is 2.32. The molecule has 0 radical (unpaired) electrons. The maximum atomic E-state index is 5.37. The molecule has 1 N–H and O–H groups in total. The van der Waals surface area contributed by atoms with Crippen LogP contribution in [-0.2, 0) is 6.54 Å². The van der Waals surface area contributed by atoms with Crippen LogP contribution in [0, 0.1) is 13.8 Å². The first-order valence-electron chi connectivity index (χ1n) is 7.06. The number of aryl methyl sites for hydroxylation is 2. The van der Waals surface area contributed by atoms with Gasteiger partial charge in [0.05, 0.1) is 12.8 Å². The monoisotopic (exact) mass is 330 g/mol. The van der Waals surface area contributed by atoms with Gasteiger partial charge in [-0.3, -0.25) is 0 Å². The molecule has 1 aromatic carbocycles. The number of nitrogens with one attached hydrogen (secondary N) is 1. The van der Waals surface area contributed by atoms with Crippen LogP contribution in [0.25, 0.3) is 11.3 Å². The number of rotatable bonds is 5. The van der Waals surface area contributed by atoms with E-state index in [0.29, 0.717) is 6.54 Å². The summed E-state index contributed by atoms with van der Waals surface area (Å²) in [6, 6.07) is 10.2. The average Bonchev–Trinajstić information content (AvgIpc) is 3.11. The lowest BCUT2D eigenvalue weighted by Crippen LogP contribution is -2.01. The van der Waals surface area contributed by atoms with Gasteiger partial charge in [0.25, 0.3) is 0 Å². The summed E-state index contributed by atoms with van der Waals surface area (Å²) in [5, 5.41) is 6.43. The van der Waals surface area contributed by atoms with Gasteiger partial charge in [0.1, 0.15) is 5.75 Å². The number of methoxy groups -OCH3 is 1. The van der Waals surface area contributed by atoms with E-state index >= 15 is 0 Å². The molecule has 3 aromatic rings. The highest BCUT2D eigenvalue weighted by Gasteiger charge is 2.10. The van der Waals surface area contributed by atoms with Crippen molar-refractivity contribution in [1.82, 2.24) is 4.98 Å². The Labute approximate surface area is 138 Å². The molecule has 2 heterocycles. The topological polar surface area (TPSA) is 34.1 Å². The fourth-order valence-corrected chi connectivity index (χ4v) is 4.03. The second kappa shape index (κ2) is 6.50. The third-order valence-electron chi connectivity index (χ3n) is 3.44. The summed E-state index contributed by atoms with van der Waals surface area (Å²) < 4.78 is 5.37. The Morgan fingerprint density at radius 2 is 2.05 bits per heavy atom. The lowest BCUT2D eigenvalue weighted by Gasteiger charge is -2.08. The minimum atomic E-state index is 0.707. The van der Waals surface area contributed by atoms with E-state index in [2.05, 4.69) is 36.7 Å². The van der Waals surface area contributed by atoms with Gasteiger partial charge >= 0.3 is 0 Å². The first-order valence-corrected chi connectivity index (χ1v) is 8.75. The number of para-hydroxylation sites is 1. The molecule has 0 aliphatic heterocycles. The normalized spacial score (nSPS) is 10.7. The van der Waals surface area contributed by atoms with Gasteiger partial charge in [0.2, 0.25) is 0 Å². The molecule has 2 aromatic heterocycles. The number of thiophene rings is 1. The van der Waals surface area contributed by atoms with Crippen molar-refractivity contribution in [2.45, 2.75) is 20.4 Å². The maximum absolute atomic E-state index is 5.37. The van der Waals surface area contributed by atoms with Gasteiger partial charge in [-0.2, -0.15) is 0 Å². The van der Waals surface area contributed by atoms with E-state index in [1.165, 1.54) is 15.3 Å². The predicted molar refractivity (Wildman–Crippen MR) is 95.2 cm³/mol. The van der Waals surface area contributed by atoms with Crippen molar-refractivity contribution in [3.05, 3.63) is 51.0 Å². The summed E-state index contributed by atoms with van der Waals surface area (Å²) in [5.74, 6) is 0.899. The zero-order chi connectivity index (χ0) is 15.5. The molecule has 0 saturated heterocycles. The van der Waals surface area contributed by atoms with Gasteiger partial charge in [-0.15, -0.1) is 22.7 Å². The van der Waals surface area contributed by atoms with Crippen LogP contribution in [0.1, 0.15) is 15.3 Å². The molecular weight excluding hydrogens is 312 g/mol. The van der Waals surface area contributed by atoms with Crippen LogP contribution in [0.4, 0.5) is 5.13 Å². The van der Waals surface area contributed by atoms with Gasteiger partial charge in [-0.05, 0) is 26.0 Å².